The standard InChI is InChI=1S/C12H12O2/c1-3-11(13)9-4-5-12-10(7-9)6-8(2)14-12/h3-5,7-8H,1,6H2,2H3. The number of fused-ring (bicyclic) bond motifs is 1. The molecule has 1 unspecified atom stereocenters. The molecule has 0 amide bonds. The summed E-state index contributed by atoms with van der Waals surface area (Å²) in [5.74, 6) is 0.866. The molecule has 1 heterocycles. The summed E-state index contributed by atoms with van der Waals surface area (Å²) in [7, 11) is 0. The van der Waals surface area contributed by atoms with Crippen molar-refractivity contribution in [3.63, 3.8) is 0 Å². The van der Waals surface area contributed by atoms with Gasteiger partial charge in [0.1, 0.15) is 11.9 Å². The number of hydrogen-bond donors (Lipinski definition) is 0. The lowest BCUT2D eigenvalue weighted by molar-refractivity contribution is 0.104. The second-order valence-electron chi connectivity index (χ2n) is 3.52. The van der Waals surface area contributed by atoms with Crippen molar-refractivity contribution >= 4 is 5.78 Å². The van der Waals surface area contributed by atoms with Gasteiger partial charge in [-0.3, -0.25) is 4.79 Å². The maximum absolute atomic E-state index is 11.3. The number of rotatable bonds is 2. The van der Waals surface area contributed by atoms with Gasteiger partial charge >= 0.3 is 0 Å². The van der Waals surface area contributed by atoms with Crippen molar-refractivity contribution in [3.8, 4) is 5.75 Å². The van der Waals surface area contributed by atoms with Crippen LogP contribution in [0.15, 0.2) is 30.9 Å². The van der Waals surface area contributed by atoms with Crippen LogP contribution in [0.25, 0.3) is 0 Å². The van der Waals surface area contributed by atoms with Crippen LogP contribution >= 0.6 is 0 Å². The molecule has 1 aliphatic heterocycles. The van der Waals surface area contributed by atoms with Gasteiger partial charge in [-0.15, -0.1) is 0 Å². The average Bonchev–Trinajstić information content (AvgIpc) is 2.55. The van der Waals surface area contributed by atoms with Crippen LogP contribution in [0, 0.1) is 0 Å². The first-order valence-corrected chi connectivity index (χ1v) is 4.67. The fraction of sp³-hybridized carbons (Fsp3) is 0.250. The van der Waals surface area contributed by atoms with Crippen molar-refractivity contribution in [1.82, 2.24) is 0 Å². The largest absolute Gasteiger partial charge is 0.490 e. The van der Waals surface area contributed by atoms with Crippen molar-refractivity contribution in [2.45, 2.75) is 19.4 Å². The molecule has 14 heavy (non-hydrogen) atoms. The van der Waals surface area contributed by atoms with Crippen LogP contribution in [0.4, 0.5) is 0 Å². The molecule has 2 heteroatoms. The zero-order valence-electron chi connectivity index (χ0n) is 8.12. The number of carbonyl (C=O) groups is 1. The normalized spacial score (nSPS) is 18.5. The Bertz CT molecular complexity index is 393. The van der Waals surface area contributed by atoms with Crippen LogP contribution in [0.1, 0.15) is 22.8 Å². The van der Waals surface area contributed by atoms with E-state index in [0.29, 0.717) is 5.56 Å². The molecule has 0 spiro atoms. The Morgan fingerprint density at radius 2 is 2.43 bits per heavy atom. The number of hydrogen-bond acceptors (Lipinski definition) is 2. The third-order valence-electron chi connectivity index (χ3n) is 2.37. The molecular weight excluding hydrogens is 176 g/mol. The van der Waals surface area contributed by atoms with Gasteiger partial charge in [0.2, 0.25) is 0 Å². The molecule has 2 nitrogen and oxygen atoms in total. The Balaban J connectivity index is 2.37. The molecule has 1 atom stereocenters. The average molecular weight is 188 g/mol. The smallest absolute Gasteiger partial charge is 0.185 e. The topological polar surface area (TPSA) is 26.3 Å². The van der Waals surface area contributed by atoms with Gasteiger partial charge in [-0.1, -0.05) is 6.58 Å². The molecule has 0 saturated carbocycles. The Kier molecular flexibility index (Phi) is 2.12. The van der Waals surface area contributed by atoms with E-state index in [-0.39, 0.29) is 11.9 Å². The second-order valence-corrected chi connectivity index (χ2v) is 3.52. The number of ketones is 1. The highest BCUT2D eigenvalue weighted by atomic mass is 16.5. The summed E-state index contributed by atoms with van der Waals surface area (Å²) in [5.41, 5.74) is 1.81. The quantitative estimate of drug-likeness (QED) is 0.526. The lowest BCUT2D eigenvalue weighted by Gasteiger charge is -2.02. The summed E-state index contributed by atoms with van der Waals surface area (Å²) < 4.78 is 5.54. The molecule has 72 valence electrons. The van der Waals surface area contributed by atoms with Crippen molar-refractivity contribution in [3.05, 3.63) is 42.0 Å². The molecule has 1 aromatic carbocycles. The van der Waals surface area contributed by atoms with Crippen molar-refractivity contribution in [2.24, 2.45) is 0 Å². The van der Waals surface area contributed by atoms with E-state index in [2.05, 4.69) is 6.58 Å². The first-order valence-electron chi connectivity index (χ1n) is 4.67. The fourth-order valence-electron chi connectivity index (χ4n) is 1.69. The fourth-order valence-corrected chi connectivity index (χ4v) is 1.69. The molecule has 0 radical (unpaired) electrons. The second kappa shape index (κ2) is 3.29. The number of ether oxygens (including phenoxy) is 1. The molecule has 0 fully saturated rings. The molecule has 0 aromatic heterocycles. The monoisotopic (exact) mass is 188 g/mol. The number of allylic oxidation sites excluding steroid dienone is 1. The minimum atomic E-state index is -0.0349. The number of benzene rings is 1. The van der Waals surface area contributed by atoms with E-state index >= 15 is 0 Å². The highest BCUT2D eigenvalue weighted by Crippen LogP contribution is 2.29. The zero-order valence-corrected chi connectivity index (χ0v) is 8.12. The molecule has 1 aromatic rings. The molecule has 1 aliphatic rings. The van der Waals surface area contributed by atoms with Gasteiger partial charge in [-0.2, -0.15) is 0 Å². The third-order valence-corrected chi connectivity index (χ3v) is 2.37. The van der Waals surface area contributed by atoms with Crippen LogP contribution in [0.3, 0.4) is 0 Å². The highest BCUT2D eigenvalue weighted by molar-refractivity contribution is 6.04. The summed E-state index contributed by atoms with van der Waals surface area (Å²) in [6.45, 7) is 5.49. The molecule has 0 N–H and O–H groups in total. The maximum atomic E-state index is 11.3. The van der Waals surface area contributed by atoms with E-state index in [4.69, 9.17) is 4.74 Å². The summed E-state index contributed by atoms with van der Waals surface area (Å²) >= 11 is 0. The van der Waals surface area contributed by atoms with E-state index < -0.39 is 0 Å². The number of carbonyl (C=O) groups excluding carboxylic acids is 1. The van der Waals surface area contributed by atoms with Crippen LogP contribution < -0.4 is 4.74 Å². The van der Waals surface area contributed by atoms with E-state index in [1.807, 2.05) is 19.1 Å². The molecule has 0 aliphatic carbocycles. The van der Waals surface area contributed by atoms with Gasteiger partial charge < -0.3 is 4.74 Å². The van der Waals surface area contributed by atoms with Gasteiger partial charge in [-0.05, 0) is 36.8 Å². The van der Waals surface area contributed by atoms with E-state index in [1.165, 1.54) is 6.08 Å². The zero-order chi connectivity index (χ0) is 10.1. The molecule has 0 bridgehead atoms. The third kappa shape index (κ3) is 1.43. The van der Waals surface area contributed by atoms with Crippen LogP contribution in [0.2, 0.25) is 0 Å². The van der Waals surface area contributed by atoms with Crippen LogP contribution in [-0.2, 0) is 6.42 Å². The first-order chi connectivity index (χ1) is 6.70. The predicted octanol–water partition coefficient (Wildman–Crippen LogP) is 2.38. The van der Waals surface area contributed by atoms with Gasteiger partial charge in [0.25, 0.3) is 0 Å². The van der Waals surface area contributed by atoms with Crippen molar-refractivity contribution in [2.75, 3.05) is 0 Å². The van der Waals surface area contributed by atoms with Gasteiger partial charge in [0.05, 0.1) is 0 Å². The summed E-state index contributed by atoms with van der Waals surface area (Å²) in [5, 5.41) is 0. The summed E-state index contributed by atoms with van der Waals surface area (Å²) in [4.78, 5) is 11.3. The van der Waals surface area contributed by atoms with E-state index in [9.17, 15) is 4.79 Å². The van der Waals surface area contributed by atoms with Gasteiger partial charge in [-0.25, -0.2) is 0 Å². The Hall–Kier alpha value is -1.57. The van der Waals surface area contributed by atoms with E-state index in [0.717, 1.165) is 17.7 Å². The summed E-state index contributed by atoms with van der Waals surface area (Å²) in [6.07, 6.45) is 2.44. The van der Waals surface area contributed by atoms with Gasteiger partial charge in [0, 0.05) is 12.0 Å². The van der Waals surface area contributed by atoms with E-state index in [1.54, 1.807) is 6.07 Å². The maximum Gasteiger partial charge on any atom is 0.185 e. The minimum absolute atomic E-state index is 0.0349. The molecular formula is C12H12O2. The predicted molar refractivity (Wildman–Crippen MR) is 54.8 cm³/mol. The van der Waals surface area contributed by atoms with Crippen molar-refractivity contribution < 1.29 is 9.53 Å². The molecule has 0 saturated heterocycles. The SMILES string of the molecule is C=CC(=O)c1ccc2c(c1)CC(C)O2. The lowest BCUT2D eigenvalue weighted by Crippen LogP contribution is -2.05. The van der Waals surface area contributed by atoms with Crippen molar-refractivity contribution in [1.29, 1.82) is 0 Å². The highest BCUT2D eigenvalue weighted by Gasteiger charge is 2.19. The molecule has 2 rings (SSSR count). The Morgan fingerprint density at radius 3 is 3.14 bits per heavy atom. The lowest BCUT2D eigenvalue weighted by atomic mass is 10.0. The van der Waals surface area contributed by atoms with Crippen LogP contribution in [0.5, 0.6) is 5.75 Å². The summed E-state index contributed by atoms with van der Waals surface area (Å²) in [6, 6.07) is 5.53. The Morgan fingerprint density at radius 1 is 1.64 bits per heavy atom. The van der Waals surface area contributed by atoms with Crippen LogP contribution in [-0.4, -0.2) is 11.9 Å². The first kappa shape index (κ1) is 9.00. The minimum Gasteiger partial charge on any atom is -0.490 e. The van der Waals surface area contributed by atoms with Gasteiger partial charge in [0.15, 0.2) is 5.78 Å². The Labute approximate surface area is 83.2 Å².